The molecule has 1 aromatic rings. The van der Waals surface area contributed by atoms with Gasteiger partial charge in [0.25, 0.3) is 5.91 Å². The summed E-state index contributed by atoms with van der Waals surface area (Å²) >= 11 is 20.5. The zero-order valence-corrected chi connectivity index (χ0v) is 36.4. The van der Waals surface area contributed by atoms with Gasteiger partial charge in [0.2, 0.25) is 0 Å². The number of aliphatic hydroxyl groups is 3. The van der Waals surface area contributed by atoms with Gasteiger partial charge in [0, 0.05) is 25.8 Å². The number of nitrogens with zero attached hydrogens (tertiary/aromatic N) is 2. The second-order valence-electron chi connectivity index (χ2n) is 11.8. The van der Waals surface area contributed by atoms with Gasteiger partial charge in [-0.2, -0.15) is 0 Å². The van der Waals surface area contributed by atoms with Crippen LogP contribution in [0, 0.1) is 0 Å². The molecule has 51 heavy (non-hydrogen) atoms. The van der Waals surface area contributed by atoms with Crippen molar-refractivity contribution >= 4 is 119 Å². The van der Waals surface area contributed by atoms with Crippen LogP contribution in [0.1, 0.15) is 43.8 Å². The number of methoxy groups -OCH3 is 2. The number of carbonyl (C=O) groups is 2. The third-order valence-corrected chi connectivity index (χ3v) is 12.4. The first-order valence-corrected chi connectivity index (χ1v) is 20.0. The largest absolute Gasteiger partial charge is 0.495 e. The molecule has 0 aromatic heterocycles. The monoisotopic (exact) mass is 1090 g/mol. The van der Waals surface area contributed by atoms with E-state index in [0.717, 1.165) is 0 Å². The van der Waals surface area contributed by atoms with E-state index in [4.69, 9.17) is 23.9 Å². The summed E-state index contributed by atoms with van der Waals surface area (Å²) in [7, 11) is 2.95. The molecule has 5 rings (SSSR count). The van der Waals surface area contributed by atoms with Crippen LogP contribution >= 0.6 is 95.6 Å². The van der Waals surface area contributed by atoms with E-state index in [1.807, 2.05) is 0 Å². The van der Waals surface area contributed by atoms with Gasteiger partial charge in [-0.1, -0.05) is 10.3 Å². The first-order valence-electron chi connectivity index (χ1n) is 15.3. The van der Waals surface area contributed by atoms with Crippen molar-refractivity contribution in [2.75, 3.05) is 27.4 Å². The van der Waals surface area contributed by atoms with Gasteiger partial charge >= 0.3 is 0 Å². The molecule has 1 aromatic carbocycles. The van der Waals surface area contributed by atoms with Crippen molar-refractivity contribution in [3.05, 3.63) is 68.2 Å². The Morgan fingerprint density at radius 3 is 1.94 bits per heavy atom. The molecule has 5 unspecified atom stereocenters. The Kier molecular flexibility index (Phi) is 13.4. The molecule has 1 amide bonds. The van der Waals surface area contributed by atoms with Gasteiger partial charge in [0.15, 0.2) is 17.0 Å². The fourth-order valence-corrected chi connectivity index (χ4v) is 10.7. The highest BCUT2D eigenvalue weighted by Gasteiger charge is 2.51. The second-order valence-corrected chi connectivity index (χ2v) is 16.9. The van der Waals surface area contributed by atoms with Gasteiger partial charge in [-0.3, -0.25) is 9.59 Å². The standard InChI is InChI=1S/C32H31Br6N3O10/c1-47-26-17(35)10-31(28(44)23(26)37)12-19(40-50-31)22(43)5-4-21(42)14-8-15(33)25(16(34)9-14)49-7-3-6-39-30(46)20-13-32(51-41-20)11-18(36)27(48-2)24(38)29(32)45/h8-11,21,28-29,42,44-45H,3-7,12-13H2,1-2H3,(H,39,46). The molecule has 4 N–H and O–H groups in total. The second kappa shape index (κ2) is 16.8. The normalized spacial score (nSPS) is 26.3. The van der Waals surface area contributed by atoms with Crippen molar-refractivity contribution in [3.8, 4) is 5.75 Å². The Bertz CT molecular complexity index is 1770. The summed E-state index contributed by atoms with van der Waals surface area (Å²) in [5.74, 6) is 0.619. The number of amides is 1. The van der Waals surface area contributed by atoms with Crippen molar-refractivity contribution < 1.29 is 48.8 Å². The number of Topliss-reactive ketones (excluding diaryl/α,β-unsaturated/α-hetero) is 1. The highest BCUT2D eigenvalue weighted by molar-refractivity contribution is 9.12. The van der Waals surface area contributed by atoms with Crippen LogP contribution in [-0.4, -0.2) is 89.2 Å². The molecule has 2 heterocycles. The topological polar surface area (TPSA) is 178 Å². The lowest BCUT2D eigenvalue weighted by molar-refractivity contribution is -0.115. The molecule has 0 bridgehead atoms. The van der Waals surface area contributed by atoms with Crippen molar-refractivity contribution in [2.45, 2.75) is 61.6 Å². The number of halogens is 6. The lowest BCUT2D eigenvalue weighted by atomic mass is 9.85. The maximum absolute atomic E-state index is 13.0. The molecule has 0 radical (unpaired) electrons. The smallest absolute Gasteiger partial charge is 0.269 e. The fraction of sp³-hybridized carbons (Fsp3) is 0.438. The van der Waals surface area contributed by atoms with E-state index in [1.165, 1.54) is 14.2 Å². The average Bonchev–Trinajstić information content (AvgIpc) is 3.72. The molecule has 2 aliphatic heterocycles. The van der Waals surface area contributed by atoms with Gasteiger partial charge in [-0.15, -0.1) is 0 Å². The summed E-state index contributed by atoms with van der Waals surface area (Å²) in [6.45, 7) is 0.550. The van der Waals surface area contributed by atoms with Crippen LogP contribution in [0.4, 0.5) is 0 Å². The number of nitrogens with one attached hydrogen (secondary N) is 1. The van der Waals surface area contributed by atoms with Crippen LogP contribution in [0.15, 0.2) is 73.0 Å². The molecule has 19 heteroatoms. The first kappa shape index (κ1) is 40.6. The number of allylic oxidation sites excluding steroid dienone is 2. The fourth-order valence-electron chi connectivity index (χ4n) is 5.70. The average molecular weight is 1100 g/mol. The van der Waals surface area contributed by atoms with E-state index >= 15 is 0 Å². The minimum atomic E-state index is -1.26. The van der Waals surface area contributed by atoms with Gasteiger partial charge in [-0.05, 0) is 138 Å². The number of aliphatic hydroxyl groups excluding tert-OH is 3. The van der Waals surface area contributed by atoms with Crippen molar-refractivity contribution in [2.24, 2.45) is 10.3 Å². The van der Waals surface area contributed by atoms with Crippen molar-refractivity contribution in [3.63, 3.8) is 0 Å². The van der Waals surface area contributed by atoms with Gasteiger partial charge in [-0.25, -0.2) is 0 Å². The Morgan fingerprint density at radius 1 is 0.902 bits per heavy atom. The van der Waals surface area contributed by atoms with Gasteiger partial charge in [0.05, 0.1) is 53.8 Å². The third kappa shape index (κ3) is 8.40. The molecule has 13 nitrogen and oxygen atoms in total. The number of hydrogen-bond acceptors (Lipinski definition) is 12. The predicted octanol–water partition coefficient (Wildman–Crippen LogP) is 6.32. The SMILES string of the molecule is COC1=C(Br)C(O)C2(C=C1Br)CC(C(=O)CCC(O)c1cc(Br)c(OCCCNC(=O)C3=NOC4(C=C(Br)C(OC)=C(Br)C4O)C3)c(Br)c1)=NO2. The predicted molar refractivity (Wildman–Crippen MR) is 208 cm³/mol. The van der Waals surface area contributed by atoms with E-state index in [1.54, 1.807) is 24.3 Å². The minimum absolute atomic E-state index is 0.00232. The Hall–Kier alpha value is -1.58. The third-order valence-electron chi connectivity index (χ3n) is 8.45. The maximum atomic E-state index is 13.0. The first-order chi connectivity index (χ1) is 24.2. The van der Waals surface area contributed by atoms with Crippen molar-refractivity contribution in [1.29, 1.82) is 0 Å². The summed E-state index contributed by atoms with van der Waals surface area (Å²) in [4.78, 5) is 36.9. The van der Waals surface area contributed by atoms with E-state index in [0.29, 0.717) is 56.1 Å². The van der Waals surface area contributed by atoms with E-state index in [9.17, 15) is 24.9 Å². The van der Waals surface area contributed by atoms with E-state index in [2.05, 4.69) is 111 Å². The lowest BCUT2D eigenvalue weighted by Gasteiger charge is -2.33. The minimum Gasteiger partial charge on any atom is -0.495 e. The van der Waals surface area contributed by atoms with Crippen LogP contribution in [0.5, 0.6) is 5.75 Å². The number of ether oxygens (including phenoxy) is 3. The van der Waals surface area contributed by atoms with Crippen LogP contribution in [0.2, 0.25) is 0 Å². The van der Waals surface area contributed by atoms with Crippen molar-refractivity contribution in [1.82, 2.24) is 5.32 Å². The number of oxime groups is 2. The molecule has 0 fully saturated rings. The maximum Gasteiger partial charge on any atom is 0.269 e. The molecular formula is C32H31Br6N3O10. The van der Waals surface area contributed by atoms with E-state index in [-0.39, 0.29) is 56.0 Å². The zero-order chi connectivity index (χ0) is 37.2. The Morgan fingerprint density at radius 2 is 1.41 bits per heavy atom. The summed E-state index contributed by atoms with van der Waals surface area (Å²) in [6.07, 6.45) is 0.718. The number of carbonyl (C=O) groups excluding carboxylic acids is 2. The molecule has 0 saturated heterocycles. The van der Waals surface area contributed by atoms with Crippen LogP contribution in [0.3, 0.4) is 0 Å². The molecule has 5 atom stereocenters. The Balaban J connectivity index is 1.06. The lowest BCUT2D eigenvalue weighted by Crippen LogP contribution is -2.45. The molecule has 2 aliphatic carbocycles. The number of benzene rings is 1. The number of hydrogen-bond donors (Lipinski definition) is 4. The summed E-state index contributed by atoms with van der Waals surface area (Å²) in [6, 6.07) is 3.42. The molecular weight excluding hydrogens is 1070 g/mol. The number of ketones is 1. The molecule has 276 valence electrons. The van der Waals surface area contributed by atoms with Crippen LogP contribution < -0.4 is 10.1 Å². The zero-order valence-electron chi connectivity index (χ0n) is 26.9. The number of rotatable bonds is 13. The highest BCUT2D eigenvalue weighted by atomic mass is 79.9. The van der Waals surface area contributed by atoms with Gasteiger partial charge in [0.1, 0.15) is 40.9 Å². The molecule has 2 spiro atoms. The summed E-state index contributed by atoms with van der Waals surface area (Å²) in [5, 5.41) is 43.3. The Labute approximate surface area is 343 Å². The van der Waals surface area contributed by atoms with Gasteiger partial charge < -0.3 is 44.5 Å². The molecule has 4 aliphatic rings. The quantitative estimate of drug-likeness (QED) is 0.164. The van der Waals surface area contributed by atoms with E-state index < -0.39 is 35.4 Å². The van der Waals surface area contributed by atoms with Crippen LogP contribution in [-0.2, 0) is 28.7 Å². The summed E-state index contributed by atoms with van der Waals surface area (Å²) in [5.41, 5.74) is -1.64. The summed E-state index contributed by atoms with van der Waals surface area (Å²) < 4.78 is 19.6. The highest BCUT2D eigenvalue weighted by Crippen LogP contribution is 2.45. The van der Waals surface area contributed by atoms with Crippen LogP contribution in [0.25, 0.3) is 0 Å². The molecule has 0 saturated carbocycles.